The van der Waals surface area contributed by atoms with Gasteiger partial charge in [-0.3, -0.25) is 9.97 Å². The number of nitrogens with one attached hydrogen (secondary N) is 1. The van der Waals surface area contributed by atoms with Gasteiger partial charge in [0.25, 0.3) is 0 Å². The van der Waals surface area contributed by atoms with Crippen molar-refractivity contribution in [1.29, 1.82) is 0 Å². The highest BCUT2D eigenvalue weighted by atomic mass is 14.9. The molecule has 1 aromatic rings. The molecule has 0 aliphatic heterocycles. The Morgan fingerprint density at radius 3 is 2.67 bits per heavy atom. The molecule has 15 heavy (non-hydrogen) atoms. The summed E-state index contributed by atoms with van der Waals surface area (Å²) < 4.78 is 0. The molecular weight excluding hydrogens is 186 g/mol. The van der Waals surface area contributed by atoms with Crippen LogP contribution in [-0.4, -0.2) is 23.1 Å². The van der Waals surface area contributed by atoms with E-state index in [4.69, 9.17) is 0 Å². The van der Waals surface area contributed by atoms with Crippen LogP contribution in [0.1, 0.15) is 31.4 Å². The van der Waals surface area contributed by atoms with E-state index in [2.05, 4.69) is 22.3 Å². The number of nitrogens with zero attached hydrogens (tertiary/aromatic N) is 2. The molecule has 0 unspecified atom stereocenters. The second kappa shape index (κ2) is 5.21. The molecule has 3 nitrogen and oxygen atoms in total. The Morgan fingerprint density at radius 2 is 2.07 bits per heavy atom. The number of rotatable bonds is 3. The normalized spacial score (nSPS) is 26.5. The first-order valence-electron chi connectivity index (χ1n) is 5.80. The average Bonchev–Trinajstić information content (AvgIpc) is 2.31. The fourth-order valence-corrected chi connectivity index (χ4v) is 2.39. The molecule has 1 fully saturated rings. The lowest BCUT2D eigenvalue weighted by Gasteiger charge is -2.27. The quantitative estimate of drug-likeness (QED) is 0.817. The smallest absolute Gasteiger partial charge is 0.0589 e. The molecule has 1 aromatic heterocycles. The number of hydrogen-bond acceptors (Lipinski definition) is 3. The molecule has 1 saturated carbocycles. The van der Waals surface area contributed by atoms with Gasteiger partial charge in [0.1, 0.15) is 0 Å². The van der Waals surface area contributed by atoms with Gasteiger partial charge >= 0.3 is 0 Å². The van der Waals surface area contributed by atoms with Crippen molar-refractivity contribution in [3.8, 4) is 0 Å². The molecule has 1 heterocycles. The standard InChI is InChI=1S/C12H19N3/c1-13-11-4-2-10(3-5-11)8-12-9-14-6-7-15-12/h6-7,9-11,13H,2-5,8H2,1H3. The molecule has 0 bridgehead atoms. The van der Waals surface area contributed by atoms with E-state index in [1.54, 1.807) is 12.4 Å². The zero-order valence-corrected chi connectivity index (χ0v) is 9.32. The Hall–Kier alpha value is -0.960. The van der Waals surface area contributed by atoms with Crippen LogP contribution in [0.4, 0.5) is 0 Å². The lowest BCUT2D eigenvalue weighted by molar-refractivity contribution is 0.299. The molecular formula is C12H19N3. The summed E-state index contributed by atoms with van der Waals surface area (Å²) in [6, 6.07) is 0.739. The van der Waals surface area contributed by atoms with Gasteiger partial charge in [0, 0.05) is 24.6 Å². The van der Waals surface area contributed by atoms with Gasteiger partial charge < -0.3 is 5.32 Å². The van der Waals surface area contributed by atoms with Crippen molar-refractivity contribution in [3.63, 3.8) is 0 Å². The Bertz CT molecular complexity index is 278. The fourth-order valence-electron chi connectivity index (χ4n) is 2.39. The SMILES string of the molecule is CNC1CCC(Cc2cnccn2)CC1. The van der Waals surface area contributed by atoms with E-state index < -0.39 is 0 Å². The molecule has 1 N–H and O–H groups in total. The molecule has 0 saturated heterocycles. The van der Waals surface area contributed by atoms with Crippen LogP contribution >= 0.6 is 0 Å². The predicted octanol–water partition coefficient (Wildman–Crippen LogP) is 1.80. The summed E-state index contributed by atoms with van der Waals surface area (Å²) in [5.74, 6) is 0.811. The maximum atomic E-state index is 4.33. The summed E-state index contributed by atoms with van der Waals surface area (Å²) in [5, 5.41) is 3.36. The molecule has 1 aliphatic carbocycles. The number of hydrogen-bond donors (Lipinski definition) is 1. The van der Waals surface area contributed by atoms with Gasteiger partial charge in [-0.05, 0) is 45.1 Å². The maximum Gasteiger partial charge on any atom is 0.0589 e. The van der Waals surface area contributed by atoms with Crippen LogP contribution in [0.15, 0.2) is 18.6 Å². The van der Waals surface area contributed by atoms with Crippen LogP contribution in [-0.2, 0) is 6.42 Å². The first kappa shape index (κ1) is 10.6. The van der Waals surface area contributed by atoms with Gasteiger partial charge in [0.05, 0.1) is 5.69 Å². The zero-order chi connectivity index (χ0) is 10.5. The van der Waals surface area contributed by atoms with Crippen LogP contribution in [0, 0.1) is 5.92 Å². The molecule has 0 amide bonds. The Kier molecular flexibility index (Phi) is 3.67. The summed E-state index contributed by atoms with van der Waals surface area (Å²) in [6.45, 7) is 0. The Balaban J connectivity index is 1.82. The van der Waals surface area contributed by atoms with Gasteiger partial charge in [0.15, 0.2) is 0 Å². The van der Waals surface area contributed by atoms with Gasteiger partial charge in [-0.1, -0.05) is 0 Å². The maximum absolute atomic E-state index is 4.33. The summed E-state index contributed by atoms with van der Waals surface area (Å²) in [4.78, 5) is 8.44. The first-order chi connectivity index (χ1) is 7.38. The van der Waals surface area contributed by atoms with E-state index in [0.29, 0.717) is 0 Å². The van der Waals surface area contributed by atoms with Crippen LogP contribution in [0.25, 0.3) is 0 Å². The van der Waals surface area contributed by atoms with Crippen molar-refractivity contribution in [2.75, 3.05) is 7.05 Å². The molecule has 0 spiro atoms. The molecule has 0 radical (unpaired) electrons. The van der Waals surface area contributed by atoms with Crippen LogP contribution in [0.5, 0.6) is 0 Å². The second-order valence-corrected chi connectivity index (χ2v) is 4.41. The van der Waals surface area contributed by atoms with Crippen molar-refractivity contribution >= 4 is 0 Å². The van der Waals surface area contributed by atoms with Crippen LogP contribution in [0.3, 0.4) is 0 Å². The molecule has 82 valence electrons. The summed E-state index contributed by atoms with van der Waals surface area (Å²) in [7, 11) is 2.06. The molecule has 2 rings (SSSR count). The molecule has 0 aromatic carbocycles. The lowest BCUT2D eigenvalue weighted by Crippen LogP contribution is -2.30. The summed E-state index contributed by atoms with van der Waals surface area (Å²) in [6.07, 6.45) is 11.8. The third kappa shape index (κ3) is 2.99. The zero-order valence-electron chi connectivity index (χ0n) is 9.32. The van der Waals surface area contributed by atoms with Crippen molar-refractivity contribution in [2.24, 2.45) is 5.92 Å². The molecule has 0 atom stereocenters. The third-order valence-corrected chi connectivity index (χ3v) is 3.37. The predicted molar refractivity (Wildman–Crippen MR) is 60.5 cm³/mol. The van der Waals surface area contributed by atoms with E-state index in [1.165, 1.54) is 25.7 Å². The van der Waals surface area contributed by atoms with E-state index in [1.807, 2.05) is 6.20 Å². The van der Waals surface area contributed by atoms with Crippen molar-refractivity contribution < 1.29 is 0 Å². The first-order valence-corrected chi connectivity index (χ1v) is 5.80. The van der Waals surface area contributed by atoms with Gasteiger partial charge in [-0.2, -0.15) is 0 Å². The van der Waals surface area contributed by atoms with Gasteiger partial charge in [0.2, 0.25) is 0 Å². The van der Waals surface area contributed by atoms with E-state index in [-0.39, 0.29) is 0 Å². The minimum absolute atomic E-state index is 0.739. The van der Waals surface area contributed by atoms with E-state index >= 15 is 0 Å². The Labute approximate surface area is 91.3 Å². The minimum Gasteiger partial charge on any atom is -0.317 e. The Morgan fingerprint density at radius 1 is 1.27 bits per heavy atom. The highest BCUT2D eigenvalue weighted by Gasteiger charge is 2.20. The van der Waals surface area contributed by atoms with Gasteiger partial charge in [-0.15, -0.1) is 0 Å². The van der Waals surface area contributed by atoms with E-state index in [0.717, 1.165) is 24.1 Å². The minimum atomic E-state index is 0.739. The summed E-state index contributed by atoms with van der Waals surface area (Å²) in [5.41, 5.74) is 1.14. The third-order valence-electron chi connectivity index (χ3n) is 3.37. The summed E-state index contributed by atoms with van der Waals surface area (Å²) >= 11 is 0. The topological polar surface area (TPSA) is 37.8 Å². The van der Waals surface area contributed by atoms with E-state index in [9.17, 15) is 0 Å². The number of aromatic nitrogens is 2. The molecule has 3 heteroatoms. The van der Waals surface area contributed by atoms with Crippen molar-refractivity contribution in [2.45, 2.75) is 38.1 Å². The highest BCUT2D eigenvalue weighted by molar-refractivity contribution is 4.97. The van der Waals surface area contributed by atoms with Gasteiger partial charge in [-0.25, -0.2) is 0 Å². The van der Waals surface area contributed by atoms with Crippen molar-refractivity contribution in [3.05, 3.63) is 24.3 Å². The largest absolute Gasteiger partial charge is 0.317 e. The van der Waals surface area contributed by atoms with Crippen molar-refractivity contribution in [1.82, 2.24) is 15.3 Å². The highest BCUT2D eigenvalue weighted by Crippen LogP contribution is 2.26. The fraction of sp³-hybridized carbons (Fsp3) is 0.667. The average molecular weight is 205 g/mol. The van der Waals surface area contributed by atoms with Crippen LogP contribution < -0.4 is 5.32 Å². The van der Waals surface area contributed by atoms with Crippen LogP contribution in [0.2, 0.25) is 0 Å². The monoisotopic (exact) mass is 205 g/mol. The molecule has 1 aliphatic rings. The second-order valence-electron chi connectivity index (χ2n) is 4.41. The lowest BCUT2D eigenvalue weighted by atomic mass is 9.83.